The Morgan fingerprint density at radius 3 is 2.30 bits per heavy atom. The van der Waals surface area contributed by atoms with Crippen molar-refractivity contribution in [3.63, 3.8) is 0 Å². The van der Waals surface area contributed by atoms with Crippen LogP contribution in [0.3, 0.4) is 0 Å². The number of benzene rings is 1. The normalized spacial score (nSPS) is 19.0. The highest BCUT2D eigenvalue weighted by atomic mass is 16.7. The van der Waals surface area contributed by atoms with Crippen LogP contribution in [-0.2, 0) is 9.31 Å². The number of hydrogen-bond acceptors (Lipinski definition) is 4. The van der Waals surface area contributed by atoms with Crippen LogP contribution >= 0.6 is 0 Å². The molecule has 1 aliphatic heterocycles. The molecule has 126 valence electrons. The van der Waals surface area contributed by atoms with E-state index in [1.165, 1.54) is 0 Å². The van der Waals surface area contributed by atoms with E-state index in [1.807, 2.05) is 45.9 Å². The Hall–Kier alpha value is -1.33. The van der Waals surface area contributed by atoms with Gasteiger partial charge in [-0.15, -0.1) is 0 Å². The number of hydrogen-bond donors (Lipinski definition) is 0. The summed E-state index contributed by atoms with van der Waals surface area (Å²) in [5.74, 6) is 0.612. The molecule has 0 amide bonds. The third kappa shape index (κ3) is 3.78. The summed E-state index contributed by atoms with van der Waals surface area (Å²) in [6.07, 6.45) is 2.03. The lowest BCUT2D eigenvalue weighted by Gasteiger charge is -2.32. The first-order valence-corrected chi connectivity index (χ1v) is 8.31. The molecular weight excluding hydrogens is 291 g/mol. The Labute approximate surface area is 139 Å². The lowest BCUT2D eigenvalue weighted by Crippen LogP contribution is -2.41. The summed E-state index contributed by atoms with van der Waals surface area (Å²) in [7, 11) is -0.470. The van der Waals surface area contributed by atoms with E-state index in [-0.39, 0.29) is 5.78 Å². The summed E-state index contributed by atoms with van der Waals surface area (Å²) in [6, 6.07) is 5.58. The van der Waals surface area contributed by atoms with Gasteiger partial charge in [0.25, 0.3) is 0 Å². The molecule has 0 N–H and O–H groups in total. The van der Waals surface area contributed by atoms with E-state index >= 15 is 0 Å². The van der Waals surface area contributed by atoms with Gasteiger partial charge in [-0.3, -0.25) is 4.79 Å². The first-order valence-electron chi connectivity index (χ1n) is 8.31. The van der Waals surface area contributed by atoms with Crippen molar-refractivity contribution in [2.75, 3.05) is 6.61 Å². The van der Waals surface area contributed by atoms with Crippen molar-refractivity contribution in [2.24, 2.45) is 0 Å². The highest BCUT2D eigenvalue weighted by Gasteiger charge is 2.51. The molecule has 2 rings (SSSR count). The molecule has 1 aromatic rings. The van der Waals surface area contributed by atoms with Gasteiger partial charge in [-0.1, -0.05) is 19.4 Å². The molecule has 1 aromatic carbocycles. The number of unbranched alkanes of at least 4 members (excludes halogenated alkanes) is 1. The number of carbonyl (C=O) groups excluding carboxylic acids is 1. The summed E-state index contributed by atoms with van der Waals surface area (Å²) in [4.78, 5) is 12.0. The molecule has 0 unspecified atom stereocenters. The molecule has 0 saturated carbocycles. The zero-order valence-electron chi connectivity index (χ0n) is 15.1. The smallest absolute Gasteiger partial charge is 0.493 e. The van der Waals surface area contributed by atoms with Gasteiger partial charge in [-0.25, -0.2) is 0 Å². The summed E-state index contributed by atoms with van der Waals surface area (Å²) in [5.41, 5.74) is 0.624. The van der Waals surface area contributed by atoms with Gasteiger partial charge in [0, 0.05) is 0 Å². The number of ketones is 1. The van der Waals surface area contributed by atoms with Crippen molar-refractivity contribution >= 4 is 18.4 Å². The molecule has 0 aliphatic carbocycles. The van der Waals surface area contributed by atoms with Crippen LogP contribution in [0.2, 0.25) is 0 Å². The Bertz CT molecular complexity index is 564. The van der Waals surface area contributed by atoms with Crippen LogP contribution in [0.1, 0.15) is 64.7 Å². The minimum Gasteiger partial charge on any atom is -0.493 e. The first kappa shape index (κ1) is 18.0. The molecule has 4 nitrogen and oxygen atoms in total. The van der Waals surface area contributed by atoms with E-state index in [0.717, 1.165) is 18.3 Å². The largest absolute Gasteiger partial charge is 0.494 e. The predicted octanol–water partition coefficient (Wildman–Crippen LogP) is 3.37. The number of carbonyl (C=O) groups is 1. The SMILES string of the molecule is CCCCOc1ccc(B2OC(C)(C)C(C)(C)O2)cc1C(C)=O. The lowest BCUT2D eigenvalue weighted by molar-refractivity contribution is 0.00578. The second-order valence-corrected chi connectivity index (χ2v) is 7.10. The molecule has 1 aliphatic rings. The van der Waals surface area contributed by atoms with E-state index < -0.39 is 18.3 Å². The van der Waals surface area contributed by atoms with E-state index in [4.69, 9.17) is 14.0 Å². The average Bonchev–Trinajstić information content (AvgIpc) is 2.67. The molecule has 0 atom stereocenters. The predicted molar refractivity (Wildman–Crippen MR) is 92.6 cm³/mol. The second-order valence-electron chi connectivity index (χ2n) is 7.10. The zero-order chi connectivity index (χ0) is 17.3. The Morgan fingerprint density at radius 1 is 1.17 bits per heavy atom. The molecule has 1 fully saturated rings. The molecule has 23 heavy (non-hydrogen) atoms. The fourth-order valence-electron chi connectivity index (χ4n) is 2.40. The van der Waals surface area contributed by atoms with E-state index in [2.05, 4.69) is 6.92 Å². The third-order valence-electron chi connectivity index (χ3n) is 4.66. The Balaban J connectivity index is 2.25. The first-order chi connectivity index (χ1) is 10.7. The Morgan fingerprint density at radius 2 is 1.78 bits per heavy atom. The van der Waals surface area contributed by atoms with E-state index in [0.29, 0.717) is 17.9 Å². The number of Topliss-reactive ketones (excluding diaryl/α,β-unsaturated/α-hetero) is 1. The summed E-state index contributed by atoms with van der Waals surface area (Å²) >= 11 is 0. The van der Waals surface area contributed by atoms with Gasteiger partial charge in [0.05, 0.1) is 23.4 Å². The summed E-state index contributed by atoms with van der Waals surface area (Å²) in [6.45, 7) is 12.3. The van der Waals surface area contributed by atoms with Gasteiger partial charge in [0.15, 0.2) is 5.78 Å². The van der Waals surface area contributed by atoms with Crippen LogP contribution in [0, 0.1) is 0 Å². The molecule has 0 bridgehead atoms. The molecule has 1 saturated heterocycles. The van der Waals surface area contributed by atoms with Gasteiger partial charge in [0.1, 0.15) is 5.75 Å². The summed E-state index contributed by atoms with van der Waals surface area (Å²) < 4.78 is 17.8. The fraction of sp³-hybridized carbons (Fsp3) is 0.611. The number of ether oxygens (including phenoxy) is 1. The maximum absolute atomic E-state index is 12.0. The Kier molecular flexibility index (Phi) is 5.22. The van der Waals surface area contributed by atoms with Crippen molar-refractivity contribution in [3.8, 4) is 5.75 Å². The molecule has 5 heteroatoms. The van der Waals surface area contributed by atoms with Crippen molar-refractivity contribution in [2.45, 2.75) is 65.6 Å². The van der Waals surface area contributed by atoms with Gasteiger partial charge in [-0.05, 0) is 58.6 Å². The van der Waals surface area contributed by atoms with Crippen molar-refractivity contribution in [1.82, 2.24) is 0 Å². The maximum Gasteiger partial charge on any atom is 0.494 e. The average molecular weight is 318 g/mol. The quantitative estimate of drug-likeness (QED) is 0.458. The van der Waals surface area contributed by atoms with Crippen LogP contribution in [0.15, 0.2) is 18.2 Å². The van der Waals surface area contributed by atoms with Gasteiger partial charge < -0.3 is 14.0 Å². The summed E-state index contributed by atoms with van der Waals surface area (Å²) in [5, 5.41) is 0. The van der Waals surface area contributed by atoms with E-state index in [9.17, 15) is 4.79 Å². The van der Waals surface area contributed by atoms with Crippen molar-refractivity contribution in [1.29, 1.82) is 0 Å². The second kappa shape index (κ2) is 6.66. The minimum absolute atomic E-state index is 0.0186. The zero-order valence-corrected chi connectivity index (χ0v) is 15.1. The highest BCUT2D eigenvalue weighted by molar-refractivity contribution is 6.62. The topological polar surface area (TPSA) is 44.8 Å². The van der Waals surface area contributed by atoms with Crippen LogP contribution in [0.4, 0.5) is 0 Å². The minimum atomic E-state index is -0.470. The van der Waals surface area contributed by atoms with Crippen LogP contribution in [0.25, 0.3) is 0 Å². The maximum atomic E-state index is 12.0. The van der Waals surface area contributed by atoms with E-state index in [1.54, 1.807) is 6.92 Å². The molecule has 0 radical (unpaired) electrons. The molecule has 0 aromatic heterocycles. The van der Waals surface area contributed by atoms with Crippen LogP contribution in [0.5, 0.6) is 5.75 Å². The number of rotatable bonds is 6. The molecular formula is C18H27BO4. The third-order valence-corrected chi connectivity index (χ3v) is 4.66. The lowest BCUT2D eigenvalue weighted by atomic mass is 9.78. The monoisotopic (exact) mass is 318 g/mol. The van der Waals surface area contributed by atoms with Gasteiger partial charge in [0.2, 0.25) is 0 Å². The van der Waals surface area contributed by atoms with Crippen LogP contribution in [-0.4, -0.2) is 30.7 Å². The van der Waals surface area contributed by atoms with Crippen LogP contribution < -0.4 is 10.2 Å². The van der Waals surface area contributed by atoms with Crippen molar-refractivity contribution < 1.29 is 18.8 Å². The van der Waals surface area contributed by atoms with Gasteiger partial charge >= 0.3 is 7.12 Å². The van der Waals surface area contributed by atoms with Crippen molar-refractivity contribution in [3.05, 3.63) is 23.8 Å². The van der Waals surface area contributed by atoms with Gasteiger partial charge in [-0.2, -0.15) is 0 Å². The molecule has 0 spiro atoms. The highest BCUT2D eigenvalue weighted by Crippen LogP contribution is 2.36. The molecule has 1 heterocycles. The standard InChI is InChI=1S/C18H27BO4/c1-7-8-11-21-16-10-9-14(12-15(16)13(2)20)19-22-17(3,4)18(5,6)23-19/h9-10,12H,7-8,11H2,1-6H3. The fourth-order valence-corrected chi connectivity index (χ4v) is 2.40.